The lowest BCUT2D eigenvalue weighted by Gasteiger charge is -2.06. The molecule has 0 aliphatic heterocycles. The number of aromatic carboxylic acids is 1. The zero-order valence-corrected chi connectivity index (χ0v) is 9.51. The maximum absolute atomic E-state index is 11.1. The first-order valence-electron chi connectivity index (χ1n) is 5.05. The topological polar surface area (TPSA) is 103 Å². The smallest absolute Gasteiger partial charge is 0.336 e. The number of ether oxygens (including phenoxy) is 1. The number of rotatable bonds is 3. The fourth-order valence-electron chi connectivity index (χ4n) is 1.64. The molecule has 1 aromatic heterocycles. The molecule has 2 aromatic rings. The van der Waals surface area contributed by atoms with E-state index < -0.39 is 11.9 Å². The molecule has 0 aliphatic carbocycles. The number of amides is 1. The molecule has 0 saturated heterocycles. The summed E-state index contributed by atoms with van der Waals surface area (Å²) in [5.41, 5.74) is 5.36. The van der Waals surface area contributed by atoms with Crippen LogP contribution in [0, 0.1) is 0 Å². The van der Waals surface area contributed by atoms with E-state index in [2.05, 4.69) is 4.98 Å². The number of fused-ring (bicyclic) bond motifs is 1. The van der Waals surface area contributed by atoms with Crippen molar-refractivity contribution in [2.45, 2.75) is 0 Å². The van der Waals surface area contributed by atoms with Gasteiger partial charge < -0.3 is 15.6 Å². The van der Waals surface area contributed by atoms with Crippen LogP contribution in [0.1, 0.15) is 20.8 Å². The highest BCUT2D eigenvalue weighted by Gasteiger charge is 2.14. The second-order valence-corrected chi connectivity index (χ2v) is 3.61. The van der Waals surface area contributed by atoms with Gasteiger partial charge in [0, 0.05) is 11.5 Å². The van der Waals surface area contributed by atoms with Crippen molar-refractivity contribution in [2.24, 2.45) is 5.73 Å². The van der Waals surface area contributed by atoms with Crippen LogP contribution < -0.4 is 10.5 Å². The first-order valence-corrected chi connectivity index (χ1v) is 5.05. The molecule has 0 spiro atoms. The van der Waals surface area contributed by atoms with Crippen LogP contribution >= 0.6 is 0 Å². The van der Waals surface area contributed by atoms with E-state index in [1.54, 1.807) is 18.2 Å². The largest absolute Gasteiger partial charge is 0.497 e. The average Bonchev–Trinajstić information content (AvgIpc) is 2.36. The summed E-state index contributed by atoms with van der Waals surface area (Å²) in [5.74, 6) is -1.40. The van der Waals surface area contributed by atoms with Crippen molar-refractivity contribution in [3.63, 3.8) is 0 Å². The monoisotopic (exact) mass is 246 g/mol. The van der Waals surface area contributed by atoms with E-state index in [4.69, 9.17) is 15.6 Å². The first kappa shape index (κ1) is 11.8. The second kappa shape index (κ2) is 4.33. The molecule has 0 unspecified atom stereocenters. The lowest BCUT2D eigenvalue weighted by molar-refractivity contribution is 0.0699. The van der Waals surface area contributed by atoms with Crippen LogP contribution in [-0.4, -0.2) is 29.1 Å². The third kappa shape index (κ3) is 1.95. The number of nitrogens with zero attached hydrogens (tertiary/aromatic N) is 1. The Morgan fingerprint density at radius 1 is 1.33 bits per heavy atom. The van der Waals surface area contributed by atoms with Gasteiger partial charge >= 0.3 is 5.97 Å². The fraction of sp³-hybridized carbons (Fsp3) is 0.0833. The van der Waals surface area contributed by atoms with E-state index in [9.17, 15) is 9.59 Å². The maximum Gasteiger partial charge on any atom is 0.336 e. The van der Waals surface area contributed by atoms with Crippen molar-refractivity contribution in [2.75, 3.05) is 7.11 Å². The summed E-state index contributed by atoms with van der Waals surface area (Å²) in [5, 5.41) is 9.53. The Hall–Kier alpha value is -2.63. The van der Waals surface area contributed by atoms with Crippen LogP contribution in [0.4, 0.5) is 0 Å². The number of primary amides is 1. The van der Waals surface area contributed by atoms with E-state index in [-0.39, 0.29) is 11.3 Å². The van der Waals surface area contributed by atoms with Crippen LogP contribution in [0.15, 0.2) is 24.3 Å². The lowest BCUT2D eigenvalue weighted by atomic mass is 10.1. The van der Waals surface area contributed by atoms with Crippen molar-refractivity contribution in [1.29, 1.82) is 0 Å². The number of pyridine rings is 1. The van der Waals surface area contributed by atoms with E-state index in [0.717, 1.165) is 0 Å². The molecule has 0 bridgehead atoms. The standard InChI is InChI=1S/C12H10N2O4/c1-18-6-2-3-7-8(12(16)17)5-10(11(13)15)14-9(7)4-6/h2-5H,1H3,(H2,13,15)(H,16,17). The van der Waals surface area contributed by atoms with Gasteiger partial charge in [-0.25, -0.2) is 9.78 Å². The van der Waals surface area contributed by atoms with Crippen molar-refractivity contribution >= 4 is 22.8 Å². The summed E-state index contributed by atoms with van der Waals surface area (Å²) >= 11 is 0. The average molecular weight is 246 g/mol. The highest BCUT2D eigenvalue weighted by Crippen LogP contribution is 2.23. The van der Waals surface area contributed by atoms with E-state index in [1.807, 2.05) is 0 Å². The van der Waals surface area contributed by atoms with Crippen molar-refractivity contribution < 1.29 is 19.4 Å². The van der Waals surface area contributed by atoms with Crippen molar-refractivity contribution in [1.82, 2.24) is 4.98 Å². The molecule has 18 heavy (non-hydrogen) atoms. The van der Waals surface area contributed by atoms with Gasteiger partial charge in [-0.05, 0) is 18.2 Å². The summed E-state index contributed by atoms with van der Waals surface area (Å²) in [6.07, 6.45) is 0. The lowest BCUT2D eigenvalue weighted by Crippen LogP contribution is -2.14. The molecule has 0 radical (unpaired) electrons. The van der Waals surface area contributed by atoms with E-state index >= 15 is 0 Å². The van der Waals surface area contributed by atoms with E-state index in [0.29, 0.717) is 16.7 Å². The molecule has 0 fully saturated rings. The third-order valence-electron chi connectivity index (χ3n) is 2.50. The third-order valence-corrected chi connectivity index (χ3v) is 2.50. The molecular formula is C12H10N2O4. The molecule has 0 aliphatic rings. The second-order valence-electron chi connectivity index (χ2n) is 3.61. The zero-order chi connectivity index (χ0) is 13.3. The quantitative estimate of drug-likeness (QED) is 0.842. The summed E-state index contributed by atoms with van der Waals surface area (Å²) < 4.78 is 5.02. The van der Waals surface area contributed by atoms with Gasteiger partial charge in [0.05, 0.1) is 18.2 Å². The molecule has 2 rings (SSSR count). The minimum absolute atomic E-state index is 0.0172. The Morgan fingerprint density at radius 3 is 2.61 bits per heavy atom. The molecule has 1 heterocycles. The molecular weight excluding hydrogens is 236 g/mol. The Balaban J connectivity index is 2.80. The molecule has 1 amide bonds. The van der Waals surface area contributed by atoms with Gasteiger partial charge in [0.25, 0.3) is 5.91 Å². The number of carbonyl (C=O) groups is 2. The van der Waals surface area contributed by atoms with Gasteiger partial charge in [-0.15, -0.1) is 0 Å². The van der Waals surface area contributed by atoms with Crippen LogP contribution in [0.3, 0.4) is 0 Å². The molecule has 1 aromatic carbocycles. The van der Waals surface area contributed by atoms with Gasteiger partial charge in [0.1, 0.15) is 11.4 Å². The van der Waals surface area contributed by atoms with E-state index in [1.165, 1.54) is 13.2 Å². The Bertz CT molecular complexity index is 652. The predicted molar refractivity (Wildman–Crippen MR) is 63.8 cm³/mol. The maximum atomic E-state index is 11.1. The van der Waals surface area contributed by atoms with Gasteiger partial charge in [0.2, 0.25) is 0 Å². The number of benzene rings is 1. The normalized spacial score (nSPS) is 10.3. The Labute approximate surface area is 102 Å². The molecule has 3 N–H and O–H groups in total. The number of nitrogens with two attached hydrogens (primary N) is 1. The van der Waals surface area contributed by atoms with Gasteiger partial charge in [0.15, 0.2) is 0 Å². The Kier molecular flexibility index (Phi) is 2.85. The number of carboxylic acids is 1. The number of hydrogen-bond acceptors (Lipinski definition) is 4. The van der Waals surface area contributed by atoms with Gasteiger partial charge in [-0.3, -0.25) is 4.79 Å². The SMILES string of the molecule is COc1ccc2c(C(=O)O)cc(C(N)=O)nc2c1. The molecule has 92 valence electrons. The number of methoxy groups -OCH3 is 1. The predicted octanol–water partition coefficient (Wildman–Crippen LogP) is 1.04. The number of aromatic nitrogens is 1. The zero-order valence-electron chi connectivity index (χ0n) is 9.51. The van der Waals surface area contributed by atoms with Crippen LogP contribution in [0.5, 0.6) is 5.75 Å². The van der Waals surface area contributed by atoms with Gasteiger partial charge in [-0.1, -0.05) is 0 Å². The van der Waals surface area contributed by atoms with Crippen molar-refractivity contribution in [3.8, 4) is 5.75 Å². The highest BCUT2D eigenvalue weighted by atomic mass is 16.5. The van der Waals surface area contributed by atoms with Crippen LogP contribution in [0.25, 0.3) is 10.9 Å². The summed E-state index contributed by atoms with van der Waals surface area (Å²) in [6, 6.07) is 5.92. The van der Waals surface area contributed by atoms with Gasteiger partial charge in [-0.2, -0.15) is 0 Å². The van der Waals surface area contributed by atoms with Crippen LogP contribution in [-0.2, 0) is 0 Å². The summed E-state index contributed by atoms with van der Waals surface area (Å²) in [6.45, 7) is 0. The van der Waals surface area contributed by atoms with Crippen molar-refractivity contribution in [3.05, 3.63) is 35.5 Å². The minimum atomic E-state index is -1.14. The number of carbonyl (C=O) groups excluding carboxylic acids is 1. The molecule has 0 atom stereocenters. The summed E-state index contributed by atoms with van der Waals surface area (Å²) in [4.78, 5) is 26.3. The number of carboxylic acid groups (broad SMARTS) is 1. The molecule has 0 saturated carbocycles. The fourth-order valence-corrected chi connectivity index (χ4v) is 1.64. The summed E-state index contributed by atoms with van der Waals surface area (Å²) in [7, 11) is 1.48. The Morgan fingerprint density at radius 2 is 2.06 bits per heavy atom. The number of hydrogen-bond donors (Lipinski definition) is 2. The molecule has 6 heteroatoms. The highest BCUT2D eigenvalue weighted by molar-refractivity contribution is 6.05. The molecule has 6 nitrogen and oxygen atoms in total. The minimum Gasteiger partial charge on any atom is -0.497 e. The van der Waals surface area contributed by atoms with Crippen LogP contribution in [0.2, 0.25) is 0 Å². The first-order chi connectivity index (χ1) is 8.52.